The Kier molecular flexibility index (Phi) is 4.44. The summed E-state index contributed by atoms with van der Waals surface area (Å²) in [6.07, 6.45) is 6.61. The van der Waals surface area contributed by atoms with E-state index >= 15 is 0 Å². The van der Waals surface area contributed by atoms with E-state index in [1.165, 1.54) is 12.8 Å². The molecular formula is C13H22N2O3. The van der Waals surface area contributed by atoms with E-state index in [1.807, 2.05) is 4.90 Å². The second-order valence-electron chi connectivity index (χ2n) is 5.40. The number of rotatable bonds is 2. The Morgan fingerprint density at radius 1 is 1.06 bits per heavy atom. The molecule has 0 aromatic carbocycles. The lowest BCUT2D eigenvalue weighted by atomic mass is 10.1. The number of hydrogen-bond donors (Lipinski definition) is 2. The van der Waals surface area contributed by atoms with E-state index < -0.39 is 5.97 Å². The predicted molar refractivity (Wildman–Crippen MR) is 67.3 cm³/mol. The molecule has 0 radical (unpaired) electrons. The highest BCUT2D eigenvalue weighted by Crippen LogP contribution is 2.25. The van der Waals surface area contributed by atoms with Crippen LogP contribution >= 0.6 is 0 Å². The van der Waals surface area contributed by atoms with E-state index in [2.05, 4.69) is 5.32 Å². The molecule has 18 heavy (non-hydrogen) atoms. The Hall–Kier alpha value is -1.26. The van der Waals surface area contributed by atoms with Crippen molar-refractivity contribution in [2.75, 3.05) is 13.1 Å². The molecule has 5 nitrogen and oxygen atoms in total. The van der Waals surface area contributed by atoms with Crippen LogP contribution in [0.2, 0.25) is 0 Å². The van der Waals surface area contributed by atoms with Gasteiger partial charge >= 0.3 is 12.0 Å². The first-order valence-corrected chi connectivity index (χ1v) is 6.95. The van der Waals surface area contributed by atoms with Crippen LogP contribution in [0.3, 0.4) is 0 Å². The average molecular weight is 254 g/mol. The Labute approximate surface area is 108 Å². The van der Waals surface area contributed by atoms with Crippen molar-refractivity contribution in [1.29, 1.82) is 0 Å². The third kappa shape index (κ3) is 3.37. The molecule has 0 aromatic rings. The molecule has 2 unspecified atom stereocenters. The summed E-state index contributed by atoms with van der Waals surface area (Å²) in [5.41, 5.74) is 0. The number of urea groups is 1. The SMILES string of the molecule is O=C(O)C1CCC(NC(=O)N2CCCCCC2)C1. The number of carbonyl (C=O) groups excluding carboxylic acids is 1. The van der Waals surface area contributed by atoms with Gasteiger partial charge in [0.15, 0.2) is 0 Å². The van der Waals surface area contributed by atoms with Crippen LogP contribution in [0.4, 0.5) is 4.79 Å². The Morgan fingerprint density at radius 2 is 1.72 bits per heavy atom. The van der Waals surface area contributed by atoms with E-state index in [0.717, 1.165) is 32.4 Å². The van der Waals surface area contributed by atoms with Crippen LogP contribution in [-0.2, 0) is 4.79 Å². The van der Waals surface area contributed by atoms with Gasteiger partial charge < -0.3 is 15.3 Å². The number of carboxylic acid groups (broad SMARTS) is 1. The fraction of sp³-hybridized carbons (Fsp3) is 0.846. The van der Waals surface area contributed by atoms with Gasteiger partial charge in [0.1, 0.15) is 0 Å². The van der Waals surface area contributed by atoms with Gasteiger partial charge in [0.2, 0.25) is 0 Å². The maximum atomic E-state index is 12.1. The Balaban J connectivity index is 1.78. The van der Waals surface area contributed by atoms with Crippen LogP contribution in [0.15, 0.2) is 0 Å². The molecule has 1 saturated carbocycles. The summed E-state index contributed by atoms with van der Waals surface area (Å²) < 4.78 is 0. The molecule has 0 bridgehead atoms. The number of hydrogen-bond acceptors (Lipinski definition) is 2. The summed E-state index contributed by atoms with van der Waals surface area (Å²) in [4.78, 5) is 24.8. The molecule has 1 aliphatic carbocycles. The van der Waals surface area contributed by atoms with Crippen LogP contribution in [0.5, 0.6) is 0 Å². The lowest BCUT2D eigenvalue weighted by Gasteiger charge is -2.23. The lowest BCUT2D eigenvalue weighted by Crippen LogP contribution is -2.44. The highest BCUT2D eigenvalue weighted by molar-refractivity contribution is 5.75. The lowest BCUT2D eigenvalue weighted by molar-refractivity contribution is -0.141. The average Bonchev–Trinajstić information content (AvgIpc) is 2.64. The molecule has 2 aliphatic rings. The molecule has 2 N–H and O–H groups in total. The largest absolute Gasteiger partial charge is 0.481 e. The minimum atomic E-state index is -0.735. The molecule has 5 heteroatoms. The van der Waals surface area contributed by atoms with Gasteiger partial charge in [0, 0.05) is 19.1 Å². The highest BCUT2D eigenvalue weighted by atomic mass is 16.4. The molecular weight excluding hydrogens is 232 g/mol. The maximum Gasteiger partial charge on any atom is 0.317 e. The molecule has 1 saturated heterocycles. The summed E-state index contributed by atoms with van der Waals surface area (Å²) in [5, 5.41) is 11.9. The molecule has 0 aromatic heterocycles. The molecule has 2 rings (SSSR count). The fourth-order valence-electron chi connectivity index (χ4n) is 2.88. The quantitative estimate of drug-likeness (QED) is 0.789. The van der Waals surface area contributed by atoms with E-state index in [0.29, 0.717) is 12.8 Å². The van der Waals surface area contributed by atoms with Crippen molar-refractivity contribution >= 4 is 12.0 Å². The first-order valence-electron chi connectivity index (χ1n) is 6.95. The second kappa shape index (κ2) is 6.07. The van der Waals surface area contributed by atoms with Gasteiger partial charge in [-0.15, -0.1) is 0 Å². The van der Waals surface area contributed by atoms with Crippen molar-refractivity contribution in [3.8, 4) is 0 Å². The molecule has 102 valence electrons. The van der Waals surface area contributed by atoms with Crippen molar-refractivity contribution in [3.05, 3.63) is 0 Å². The number of aliphatic carboxylic acids is 1. The van der Waals surface area contributed by atoms with E-state index in [4.69, 9.17) is 5.11 Å². The van der Waals surface area contributed by atoms with Crippen molar-refractivity contribution in [1.82, 2.24) is 10.2 Å². The minimum absolute atomic E-state index is 0.00654. The number of nitrogens with zero attached hydrogens (tertiary/aromatic N) is 1. The smallest absolute Gasteiger partial charge is 0.317 e. The van der Waals surface area contributed by atoms with Crippen molar-refractivity contribution in [2.45, 2.75) is 51.0 Å². The fourth-order valence-corrected chi connectivity index (χ4v) is 2.88. The maximum absolute atomic E-state index is 12.1. The Morgan fingerprint density at radius 3 is 2.28 bits per heavy atom. The third-order valence-electron chi connectivity index (χ3n) is 4.00. The van der Waals surface area contributed by atoms with Gasteiger partial charge in [0.25, 0.3) is 0 Å². The summed E-state index contributed by atoms with van der Waals surface area (Å²) >= 11 is 0. The van der Waals surface area contributed by atoms with E-state index in [9.17, 15) is 9.59 Å². The van der Waals surface area contributed by atoms with Crippen molar-refractivity contribution < 1.29 is 14.7 Å². The van der Waals surface area contributed by atoms with E-state index in [-0.39, 0.29) is 18.0 Å². The van der Waals surface area contributed by atoms with Crippen LogP contribution < -0.4 is 5.32 Å². The summed E-state index contributed by atoms with van der Waals surface area (Å²) in [7, 11) is 0. The topological polar surface area (TPSA) is 69.6 Å². The highest BCUT2D eigenvalue weighted by Gasteiger charge is 2.31. The van der Waals surface area contributed by atoms with Gasteiger partial charge in [-0.2, -0.15) is 0 Å². The zero-order chi connectivity index (χ0) is 13.0. The number of likely N-dealkylation sites (tertiary alicyclic amines) is 1. The predicted octanol–water partition coefficient (Wildman–Crippen LogP) is 1.83. The molecule has 1 aliphatic heterocycles. The van der Waals surface area contributed by atoms with Crippen LogP contribution in [0.1, 0.15) is 44.9 Å². The van der Waals surface area contributed by atoms with Gasteiger partial charge in [0.05, 0.1) is 5.92 Å². The Bertz CT molecular complexity index is 311. The van der Waals surface area contributed by atoms with Gasteiger partial charge in [-0.1, -0.05) is 12.8 Å². The normalized spacial score (nSPS) is 28.8. The summed E-state index contributed by atoms with van der Waals surface area (Å²) in [5.74, 6) is -1.01. The summed E-state index contributed by atoms with van der Waals surface area (Å²) in [6, 6.07) is 0.0368. The molecule has 2 amide bonds. The summed E-state index contributed by atoms with van der Waals surface area (Å²) in [6.45, 7) is 1.67. The molecule has 1 heterocycles. The first-order chi connectivity index (χ1) is 8.66. The van der Waals surface area contributed by atoms with Gasteiger partial charge in [-0.3, -0.25) is 4.79 Å². The van der Waals surface area contributed by atoms with E-state index in [1.54, 1.807) is 0 Å². The van der Waals surface area contributed by atoms with Gasteiger partial charge in [-0.05, 0) is 32.1 Å². The molecule has 2 atom stereocenters. The first kappa shape index (κ1) is 13.2. The second-order valence-corrected chi connectivity index (χ2v) is 5.40. The monoisotopic (exact) mass is 254 g/mol. The standard InChI is InChI=1S/C13H22N2O3/c16-12(17)10-5-6-11(9-10)14-13(18)15-7-3-1-2-4-8-15/h10-11H,1-9H2,(H,14,18)(H,16,17). The number of amides is 2. The van der Waals surface area contributed by atoms with Crippen LogP contribution in [0, 0.1) is 5.92 Å². The van der Waals surface area contributed by atoms with Crippen molar-refractivity contribution in [2.24, 2.45) is 5.92 Å². The number of carbonyl (C=O) groups is 2. The number of carboxylic acids is 1. The number of nitrogens with one attached hydrogen (secondary N) is 1. The minimum Gasteiger partial charge on any atom is -0.481 e. The van der Waals surface area contributed by atoms with Gasteiger partial charge in [-0.25, -0.2) is 4.79 Å². The van der Waals surface area contributed by atoms with Crippen LogP contribution in [0.25, 0.3) is 0 Å². The molecule has 2 fully saturated rings. The molecule has 0 spiro atoms. The van der Waals surface area contributed by atoms with Crippen LogP contribution in [-0.4, -0.2) is 41.1 Å². The van der Waals surface area contributed by atoms with Crippen molar-refractivity contribution in [3.63, 3.8) is 0 Å². The zero-order valence-corrected chi connectivity index (χ0v) is 10.7. The zero-order valence-electron chi connectivity index (χ0n) is 10.7. The third-order valence-corrected chi connectivity index (χ3v) is 4.00.